The van der Waals surface area contributed by atoms with Crippen molar-refractivity contribution >= 4 is 6.21 Å². The second-order valence-electron chi connectivity index (χ2n) is 3.30. The summed E-state index contributed by atoms with van der Waals surface area (Å²) in [6.07, 6.45) is 1.65. The molecule has 0 bridgehead atoms. The Morgan fingerprint density at radius 1 is 1.20 bits per heavy atom. The average Bonchev–Trinajstić information content (AvgIpc) is 2.73. The van der Waals surface area contributed by atoms with E-state index in [2.05, 4.69) is 15.3 Å². The third-order valence-corrected chi connectivity index (χ3v) is 2.01. The Morgan fingerprint density at radius 2 is 1.87 bits per heavy atom. The molecule has 0 aliphatic heterocycles. The molecule has 0 spiro atoms. The van der Waals surface area contributed by atoms with E-state index in [0.29, 0.717) is 0 Å². The molecular formula is C10H12N4O. The first-order valence-corrected chi connectivity index (χ1v) is 4.66. The highest BCUT2D eigenvalue weighted by atomic mass is 16.3. The van der Waals surface area contributed by atoms with E-state index < -0.39 is 0 Å². The molecule has 0 saturated heterocycles. The van der Waals surface area contributed by atoms with Crippen molar-refractivity contribution in [2.75, 3.05) is 0 Å². The Morgan fingerprint density at radius 3 is 2.40 bits per heavy atom. The second kappa shape index (κ2) is 3.68. The highest BCUT2D eigenvalue weighted by molar-refractivity contribution is 5.75. The summed E-state index contributed by atoms with van der Waals surface area (Å²) in [4.78, 5) is 0. The average molecular weight is 204 g/mol. The van der Waals surface area contributed by atoms with Gasteiger partial charge in [0.15, 0.2) is 11.6 Å². The van der Waals surface area contributed by atoms with Crippen molar-refractivity contribution in [3.63, 3.8) is 0 Å². The maximum atomic E-state index is 5.36. The fraction of sp³-hybridized carbons (Fsp3) is 0.300. The van der Waals surface area contributed by atoms with E-state index in [-0.39, 0.29) is 0 Å². The van der Waals surface area contributed by atoms with Crippen LogP contribution in [0.15, 0.2) is 21.7 Å². The van der Waals surface area contributed by atoms with Gasteiger partial charge in [-0.15, -0.1) is 10.2 Å². The maximum absolute atomic E-state index is 5.36. The molecule has 0 aliphatic carbocycles. The summed E-state index contributed by atoms with van der Waals surface area (Å²) in [7, 11) is 0. The summed E-state index contributed by atoms with van der Waals surface area (Å²) in [5.41, 5.74) is 0. The Balaban J connectivity index is 2.25. The van der Waals surface area contributed by atoms with Crippen molar-refractivity contribution in [1.82, 2.24) is 14.9 Å². The van der Waals surface area contributed by atoms with E-state index in [1.807, 2.05) is 32.9 Å². The fourth-order valence-electron chi connectivity index (χ4n) is 1.27. The molecule has 5 heteroatoms. The lowest BCUT2D eigenvalue weighted by molar-refractivity contribution is 0.527. The van der Waals surface area contributed by atoms with Crippen molar-refractivity contribution in [1.29, 1.82) is 0 Å². The molecule has 2 rings (SSSR count). The summed E-state index contributed by atoms with van der Waals surface area (Å²) in [5.74, 6) is 3.10. The Hall–Kier alpha value is -1.91. The lowest BCUT2D eigenvalue weighted by atomic mass is 10.4. The van der Waals surface area contributed by atoms with Crippen LogP contribution >= 0.6 is 0 Å². The second-order valence-corrected chi connectivity index (χ2v) is 3.30. The largest absolute Gasteiger partial charge is 0.460 e. The molecule has 0 atom stereocenters. The van der Waals surface area contributed by atoms with Crippen LogP contribution in [0.1, 0.15) is 23.2 Å². The van der Waals surface area contributed by atoms with Crippen molar-refractivity contribution in [3.8, 4) is 0 Å². The van der Waals surface area contributed by atoms with Crippen molar-refractivity contribution in [2.24, 2.45) is 5.10 Å². The Kier molecular flexibility index (Phi) is 2.37. The van der Waals surface area contributed by atoms with Gasteiger partial charge in [0.05, 0.1) is 6.21 Å². The van der Waals surface area contributed by atoms with Gasteiger partial charge in [0.2, 0.25) is 0 Å². The minimum Gasteiger partial charge on any atom is -0.460 e. The van der Waals surface area contributed by atoms with Gasteiger partial charge in [-0.2, -0.15) is 5.10 Å². The van der Waals surface area contributed by atoms with Crippen LogP contribution in [0.2, 0.25) is 0 Å². The Labute approximate surface area is 87.4 Å². The fourth-order valence-corrected chi connectivity index (χ4v) is 1.27. The number of hydrogen-bond acceptors (Lipinski definition) is 4. The van der Waals surface area contributed by atoms with Gasteiger partial charge in [-0.05, 0) is 32.9 Å². The maximum Gasteiger partial charge on any atom is 0.151 e. The molecule has 0 saturated carbocycles. The van der Waals surface area contributed by atoms with Gasteiger partial charge in [0, 0.05) is 0 Å². The number of aromatic nitrogens is 3. The van der Waals surface area contributed by atoms with Gasteiger partial charge in [0.1, 0.15) is 11.5 Å². The number of rotatable bonds is 2. The third kappa shape index (κ3) is 1.96. The lowest BCUT2D eigenvalue weighted by Crippen LogP contribution is -1.95. The van der Waals surface area contributed by atoms with E-state index in [4.69, 9.17) is 4.42 Å². The minimum absolute atomic E-state index is 0.722. The van der Waals surface area contributed by atoms with Gasteiger partial charge < -0.3 is 4.42 Å². The molecule has 2 aromatic heterocycles. The quantitative estimate of drug-likeness (QED) is 0.699. The summed E-state index contributed by atoms with van der Waals surface area (Å²) >= 11 is 0. The van der Waals surface area contributed by atoms with E-state index in [0.717, 1.165) is 23.2 Å². The van der Waals surface area contributed by atoms with E-state index in [1.54, 1.807) is 10.9 Å². The molecule has 0 aromatic carbocycles. The predicted molar refractivity (Wildman–Crippen MR) is 55.9 cm³/mol. The SMILES string of the molecule is Cc1ccc(/C=N/n2c(C)nnc2C)o1. The first-order chi connectivity index (χ1) is 7.16. The van der Waals surface area contributed by atoms with E-state index in [1.165, 1.54) is 0 Å². The number of furan rings is 1. The Bertz CT molecular complexity index is 476. The molecule has 5 nitrogen and oxygen atoms in total. The van der Waals surface area contributed by atoms with Crippen LogP contribution in [-0.2, 0) is 0 Å². The van der Waals surface area contributed by atoms with E-state index in [9.17, 15) is 0 Å². The molecule has 0 fully saturated rings. The monoisotopic (exact) mass is 204 g/mol. The van der Waals surface area contributed by atoms with Crippen molar-refractivity contribution in [3.05, 3.63) is 35.3 Å². The van der Waals surface area contributed by atoms with Crippen LogP contribution in [0.5, 0.6) is 0 Å². The molecule has 15 heavy (non-hydrogen) atoms. The summed E-state index contributed by atoms with van der Waals surface area (Å²) < 4.78 is 7.02. The molecule has 2 heterocycles. The molecule has 0 aliphatic rings. The molecule has 2 aromatic rings. The van der Waals surface area contributed by atoms with Gasteiger partial charge in [-0.3, -0.25) is 0 Å². The number of aryl methyl sites for hydroxylation is 3. The standard InChI is InChI=1S/C10H12N4O/c1-7-4-5-10(15-7)6-11-14-8(2)12-13-9(14)3/h4-6H,1-3H3/b11-6+. The first-order valence-electron chi connectivity index (χ1n) is 4.66. The predicted octanol–water partition coefficient (Wildman–Crippen LogP) is 1.68. The third-order valence-electron chi connectivity index (χ3n) is 2.01. The molecule has 0 radical (unpaired) electrons. The van der Waals surface area contributed by atoms with Crippen LogP contribution in [0.3, 0.4) is 0 Å². The topological polar surface area (TPSA) is 56.2 Å². The molecule has 0 amide bonds. The smallest absolute Gasteiger partial charge is 0.151 e. The van der Waals surface area contributed by atoms with Gasteiger partial charge >= 0.3 is 0 Å². The normalized spacial score (nSPS) is 11.4. The van der Waals surface area contributed by atoms with Gasteiger partial charge in [0.25, 0.3) is 0 Å². The highest BCUT2D eigenvalue weighted by Crippen LogP contribution is 2.04. The van der Waals surface area contributed by atoms with Gasteiger partial charge in [-0.25, -0.2) is 4.68 Å². The van der Waals surface area contributed by atoms with Crippen molar-refractivity contribution in [2.45, 2.75) is 20.8 Å². The number of nitrogens with zero attached hydrogens (tertiary/aromatic N) is 4. The first kappa shape index (κ1) is 9.64. The van der Waals surface area contributed by atoms with Crippen LogP contribution in [0.25, 0.3) is 0 Å². The van der Waals surface area contributed by atoms with E-state index >= 15 is 0 Å². The van der Waals surface area contributed by atoms with Crippen LogP contribution in [-0.4, -0.2) is 21.1 Å². The van der Waals surface area contributed by atoms with Crippen molar-refractivity contribution < 1.29 is 4.42 Å². The molecular weight excluding hydrogens is 192 g/mol. The van der Waals surface area contributed by atoms with Gasteiger partial charge in [-0.1, -0.05) is 0 Å². The summed E-state index contributed by atoms with van der Waals surface area (Å²) in [6, 6.07) is 3.76. The molecule has 0 unspecified atom stereocenters. The van der Waals surface area contributed by atoms with Crippen LogP contribution in [0.4, 0.5) is 0 Å². The molecule has 0 N–H and O–H groups in total. The summed E-state index contributed by atoms with van der Waals surface area (Å²) in [5, 5.41) is 12.0. The molecule has 78 valence electrons. The van der Waals surface area contributed by atoms with Crippen LogP contribution in [0, 0.1) is 20.8 Å². The van der Waals surface area contributed by atoms with Crippen LogP contribution < -0.4 is 0 Å². The zero-order valence-corrected chi connectivity index (χ0v) is 8.93. The lowest BCUT2D eigenvalue weighted by Gasteiger charge is -1.95. The number of hydrogen-bond donors (Lipinski definition) is 0. The highest BCUT2D eigenvalue weighted by Gasteiger charge is 2.01. The zero-order valence-electron chi connectivity index (χ0n) is 8.93. The summed E-state index contributed by atoms with van der Waals surface area (Å²) in [6.45, 7) is 5.60. The zero-order chi connectivity index (χ0) is 10.8. The minimum atomic E-state index is 0.722.